The fourth-order valence-corrected chi connectivity index (χ4v) is 0.997. The van der Waals surface area contributed by atoms with Crippen molar-refractivity contribution in [1.82, 2.24) is 15.0 Å². The summed E-state index contributed by atoms with van der Waals surface area (Å²) in [5.41, 5.74) is 10.7. The number of nitrogens with two attached hydrogens (primary N) is 2. The zero-order chi connectivity index (χ0) is 10.6. The molecule has 0 saturated heterocycles. The second-order valence-electron chi connectivity index (χ2n) is 2.86. The Kier molecular flexibility index (Phi) is 3.33. The first-order valence-corrected chi connectivity index (χ1v) is 4.39. The van der Waals surface area contributed by atoms with Gasteiger partial charge in [0.05, 0.1) is 0 Å². The molecule has 0 aliphatic rings. The van der Waals surface area contributed by atoms with Crippen molar-refractivity contribution in [3.8, 4) is 0 Å². The molecule has 4 N–H and O–H groups in total. The SMILES string of the molecule is CCC(=O)CCc1nc(N)nc(N)n1. The molecule has 14 heavy (non-hydrogen) atoms. The zero-order valence-corrected chi connectivity index (χ0v) is 8.03. The smallest absolute Gasteiger partial charge is 0.225 e. The number of hydrogen-bond donors (Lipinski definition) is 2. The van der Waals surface area contributed by atoms with Crippen molar-refractivity contribution in [3.05, 3.63) is 5.82 Å². The lowest BCUT2D eigenvalue weighted by Crippen LogP contribution is -2.08. The average molecular weight is 195 g/mol. The van der Waals surface area contributed by atoms with E-state index in [0.717, 1.165) is 0 Å². The van der Waals surface area contributed by atoms with Crippen molar-refractivity contribution in [2.45, 2.75) is 26.2 Å². The normalized spacial score (nSPS) is 10.1. The van der Waals surface area contributed by atoms with Gasteiger partial charge in [-0.1, -0.05) is 6.92 Å². The van der Waals surface area contributed by atoms with Crippen LogP contribution in [0.2, 0.25) is 0 Å². The zero-order valence-electron chi connectivity index (χ0n) is 8.03. The van der Waals surface area contributed by atoms with Gasteiger partial charge in [0.2, 0.25) is 11.9 Å². The first-order valence-electron chi connectivity index (χ1n) is 4.39. The molecule has 0 aromatic carbocycles. The maximum absolute atomic E-state index is 11.0. The Bertz CT molecular complexity index is 318. The van der Waals surface area contributed by atoms with Gasteiger partial charge in [0.1, 0.15) is 11.6 Å². The fraction of sp³-hybridized carbons (Fsp3) is 0.500. The van der Waals surface area contributed by atoms with E-state index >= 15 is 0 Å². The molecule has 0 fully saturated rings. The van der Waals surface area contributed by atoms with Gasteiger partial charge in [-0.3, -0.25) is 4.79 Å². The standard InChI is InChI=1S/C8H13N5O/c1-2-5(14)3-4-6-11-7(9)13-8(10)12-6/h2-4H2,1H3,(H4,9,10,11,12,13). The van der Waals surface area contributed by atoms with Gasteiger partial charge in [-0.15, -0.1) is 0 Å². The minimum atomic E-state index is 0.0939. The summed E-state index contributed by atoms with van der Waals surface area (Å²) < 4.78 is 0. The fourth-order valence-electron chi connectivity index (χ4n) is 0.997. The molecule has 6 heteroatoms. The summed E-state index contributed by atoms with van der Waals surface area (Å²) in [5.74, 6) is 0.826. The summed E-state index contributed by atoms with van der Waals surface area (Å²) in [6, 6.07) is 0. The van der Waals surface area contributed by atoms with Gasteiger partial charge in [-0.25, -0.2) is 0 Å². The number of anilines is 2. The first kappa shape index (κ1) is 10.4. The van der Waals surface area contributed by atoms with Gasteiger partial charge in [0, 0.05) is 19.3 Å². The van der Waals surface area contributed by atoms with Crippen LogP contribution in [0.25, 0.3) is 0 Å². The number of nitrogens with zero attached hydrogens (tertiary/aromatic N) is 3. The Morgan fingerprint density at radius 1 is 1.21 bits per heavy atom. The number of hydrogen-bond acceptors (Lipinski definition) is 6. The van der Waals surface area contributed by atoms with Crippen LogP contribution in [0, 0.1) is 0 Å². The Labute approximate surface area is 81.8 Å². The number of rotatable bonds is 4. The number of Topliss-reactive ketones (excluding diaryl/α,β-unsaturated/α-hetero) is 1. The summed E-state index contributed by atoms with van der Waals surface area (Å²) in [7, 11) is 0. The second-order valence-corrected chi connectivity index (χ2v) is 2.86. The maximum Gasteiger partial charge on any atom is 0.225 e. The van der Waals surface area contributed by atoms with Crippen LogP contribution in [0.1, 0.15) is 25.6 Å². The van der Waals surface area contributed by atoms with E-state index in [1.165, 1.54) is 0 Å². The molecule has 1 aromatic heterocycles. The highest BCUT2D eigenvalue weighted by Crippen LogP contribution is 2.02. The molecule has 0 radical (unpaired) electrons. The van der Waals surface area contributed by atoms with Gasteiger partial charge in [0.15, 0.2) is 0 Å². The molecule has 76 valence electrons. The molecule has 0 saturated carbocycles. The predicted octanol–water partition coefficient (Wildman–Crippen LogP) is -0.0523. The number of aromatic nitrogens is 3. The lowest BCUT2D eigenvalue weighted by molar-refractivity contribution is -0.118. The van der Waals surface area contributed by atoms with E-state index < -0.39 is 0 Å². The van der Waals surface area contributed by atoms with Crippen molar-refractivity contribution >= 4 is 17.7 Å². The molecule has 1 rings (SSSR count). The second kappa shape index (κ2) is 4.50. The van der Waals surface area contributed by atoms with Crippen LogP contribution in [0.4, 0.5) is 11.9 Å². The topological polar surface area (TPSA) is 108 Å². The van der Waals surface area contributed by atoms with E-state index in [-0.39, 0.29) is 17.7 Å². The van der Waals surface area contributed by atoms with Crippen LogP contribution in [-0.4, -0.2) is 20.7 Å². The van der Waals surface area contributed by atoms with Crippen molar-refractivity contribution in [1.29, 1.82) is 0 Å². The molecule has 1 heterocycles. The Morgan fingerprint density at radius 2 is 1.79 bits per heavy atom. The largest absolute Gasteiger partial charge is 0.368 e. The number of carbonyl (C=O) groups is 1. The lowest BCUT2D eigenvalue weighted by atomic mass is 10.2. The van der Waals surface area contributed by atoms with E-state index in [1.807, 2.05) is 6.92 Å². The van der Waals surface area contributed by atoms with Gasteiger partial charge < -0.3 is 11.5 Å². The average Bonchev–Trinajstić information content (AvgIpc) is 2.12. The molecule has 1 aromatic rings. The molecule has 0 amide bonds. The van der Waals surface area contributed by atoms with Gasteiger partial charge in [-0.05, 0) is 0 Å². The third-order valence-electron chi connectivity index (χ3n) is 1.74. The number of nitrogen functional groups attached to an aromatic ring is 2. The summed E-state index contributed by atoms with van der Waals surface area (Å²) in [6.07, 6.45) is 1.40. The Balaban J connectivity index is 2.63. The minimum absolute atomic E-state index is 0.0939. The third kappa shape index (κ3) is 2.96. The van der Waals surface area contributed by atoms with Gasteiger partial charge >= 0.3 is 0 Å². The van der Waals surface area contributed by atoms with Crippen molar-refractivity contribution in [3.63, 3.8) is 0 Å². The molecule has 0 atom stereocenters. The van der Waals surface area contributed by atoms with Crippen LogP contribution < -0.4 is 11.5 Å². The van der Waals surface area contributed by atoms with E-state index in [4.69, 9.17) is 11.5 Å². The highest BCUT2D eigenvalue weighted by Gasteiger charge is 2.04. The van der Waals surface area contributed by atoms with Crippen LogP contribution in [0.5, 0.6) is 0 Å². The quantitative estimate of drug-likeness (QED) is 0.697. The molecule has 0 aliphatic carbocycles. The van der Waals surface area contributed by atoms with Crippen LogP contribution >= 0.6 is 0 Å². The monoisotopic (exact) mass is 195 g/mol. The highest BCUT2D eigenvalue weighted by molar-refractivity contribution is 5.78. The first-order chi connectivity index (χ1) is 6.61. The van der Waals surface area contributed by atoms with E-state index in [0.29, 0.717) is 25.1 Å². The third-order valence-corrected chi connectivity index (χ3v) is 1.74. The van der Waals surface area contributed by atoms with E-state index in [9.17, 15) is 4.79 Å². The number of ketones is 1. The van der Waals surface area contributed by atoms with Gasteiger partial charge in [0.25, 0.3) is 0 Å². The van der Waals surface area contributed by atoms with Crippen LogP contribution in [0.3, 0.4) is 0 Å². The van der Waals surface area contributed by atoms with Crippen molar-refractivity contribution in [2.75, 3.05) is 11.5 Å². The lowest BCUT2D eigenvalue weighted by Gasteiger charge is -2.00. The Hall–Kier alpha value is -1.72. The molecule has 6 nitrogen and oxygen atoms in total. The summed E-state index contributed by atoms with van der Waals surface area (Å²) >= 11 is 0. The summed E-state index contributed by atoms with van der Waals surface area (Å²) in [5, 5.41) is 0. The number of carbonyl (C=O) groups excluding carboxylic acids is 1. The number of aryl methyl sites for hydroxylation is 1. The predicted molar refractivity (Wildman–Crippen MR) is 52.3 cm³/mol. The van der Waals surface area contributed by atoms with Crippen molar-refractivity contribution < 1.29 is 4.79 Å². The van der Waals surface area contributed by atoms with Crippen molar-refractivity contribution in [2.24, 2.45) is 0 Å². The molecule has 0 aliphatic heterocycles. The van der Waals surface area contributed by atoms with E-state index in [1.54, 1.807) is 0 Å². The minimum Gasteiger partial charge on any atom is -0.368 e. The molecule has 0 spiro atoms. The van der Waals surface area contributed by atoms with Crippen LogP contribution in [0.15, 0.2) is 0 Å². The van der Waals surface area contributed by atoms with E-state index in [2.05, 4.69) is 15.0 Å². The molecular formula is C8H13N5O. The molecule has 0 bridgehead atoms. The molecular weight excluding hydrogens is 182 g/mol. The Morgan fingerprint density at radius 3 is 2.29 bits per heavy atom. The summed E-state index contributed by atoms with van der Waals surface area (Å²) in [6.45, 7) is 1.82. The highest BCUT2D eigenvalue weighted by atomic mass is 16.1. The van der Waals surface area contributed by atoms with Gasteiger partial charge in [-0.2, -0.15) is 15.0 Å². The maximum atomic E-state index is 11.0. The molecule has 0 unspecified atom stereocenters. The summed E-state index contributed by atoms with van der Waals surface area (Å²) in [4.78, 5) is 22.4. The van der Waals surface area contributed by atoms with Crippen LogP contribution in [-0.2, 0) is 11.2 Å².